The van der Waals surface area contributed by atoms with E-state index in [1.165, 1.54) is 0 Å². The Bertz CT molecular complexity index is 710. The number of benzene rings is 1. The summed E-state index contributed by atoms with van der Waals surface area (Å²) in [5.74, 6) is -1.71. The van der Waals surface area contributed by atoms with Crippen molar-refractivity contribution in [1.82, 2.24) is 15.1 Å². The first-order valence-electron chi connectivity index (χ1n) is 8.71. The first-order valence-corrected chi connectivity index (χ1v) is 8.71. The molecule has 0 spiro atoms. The number of nitrogens with one attached hydrogen (secondary N) is 1. The molecule has 0 bridgehead atoms. The number of carboxylic acid groups (broad SMARTS) is 1. The van der Waals surface area contributed by atoms with Crippen molar-refractivity contribution in [3.63, 3.8) is 0 Å². The van der Waals surface area contributed by atoms with Crippen molar-refractivity contribution in [2.75, 3.05) is 6.54 Å². The highest BCUT2D eigenvalue weighted by Gasteiger charge is 2.21. The first-order chi connectivity index (χ1) is 12.1. The fourth-order valence-electron chi connectivity index (χ4n) is 2.80. The maximum atomic E-state index is 12.6. The lowest BCUT2D eigenvalue weighted by Gasteiger charge is -2.13. The lowest BCUT2D eigenvalue weighted by molar-refractivity contribution is -0.141. The van der Waals surface area contributed by atoms with Gasteiger partial charge in [0, 0.05) is 6.54 Å². The molecule has 0 radical (unpaired) electrons. The van der Waals surface area contributed by atoms with E-state index in [4.69, 9.17) is 0 Å². The maximum absolute atomic E-state index is 12.6. The van der Waals surface area contributed by atoms with Crippen LogP contribution in [-0.4, -0.2) is 33.3 Å². The number of carboxylic acids is 1. The van der Waals surface area contributed by atoms with Gasteiger partial charge >= 0.3 is 5.97 Å². The van der Waals surface area contributed by atoms with Gasteiger partial charge in [-0.3, -0.25) is 9.59 Å². The third-order valence-corrected chi connectivity index (χ3v) is 4.10. The van der Waals surface area contributed by atoms with E-state index < -0.39 is 11.9 Å². The lowest BCUT2D eigenvalue weighted by Crippen LogP contribution is -2.33. The Morgan fingerprint density at radius 3 is 2.52 bits per heavy atom. The number of aliphatic carboxylic acids is 1. The Morgan fingerprint density at radius 1 is 1.20 bits per heavy atom. The second-order valence-electron chi connectivity index (χ2n) is 6.04. The van der Waals surface area contributed by atoms with Gasteiger partial charge in [-0.15, -0.1) is 0 Å². The summed E-state index contributed by atoms with van der Waals surface area (Å²) in [6, 6.07) is 9.66. The monoisotopic (exact) mass is 343 g/mol. The average molecular weight is 343 g/mol. The smallest absolute Gasteiger partial charge is 0.308 e. The van der Waals surface area contributed by atoms with Crippen LogP contribution in [0.1, 0.15) is 49.2 Å². The highest BCUT2D eigenvalue weighted by Crippen LogP contribution is 2.17. The van der Waals surface area contributed by atoms with Crippen LogP contribution in [0.5, 0.6) is 0 Å². The van der Waals surface area contributed by atoms with E-state index in [1.54, 1.807) is 10.9 Å². The van der Waals surface area contributed by atoms with Gasteiger partial charge in [0.25, 0.3) is 5.91 Å². The van der Waals surface area contributed by atoms with Crippen molar-refractivity contribution in [1.29, 1.82) is 0 Å². The molecule has 1 amide bonds. The molecule has 0 saturated carbocycles. The van der Waals surface area contributed by atoms with Crippen LogP contribution >= 0.6 is 0 Å². The molecule has 1 atom stereocenters. The summed E-state index contributed by atoms with van der Waals surface area (Å²) in [6.45, 7) is 4.11. The number of hydrogen-bond acceptors (Lipinski definition) is 3. The lowest BCUT2D eigenvalue weighted by atomic mass is 10.0. The molecule has 1 aromatic carbocycles. The Labute approximate surface area is 147 Å². The number of rotatable bonds is 9. The standard InChI is InChI=1S/C19H25N3O3/c1-3-8-14(19(24)25)12-20-18(23)16-13-21-22(17(16)9-4-2)15-10-6-5-7-11-15/h5-7,10-11,13-14H,3-4,8-9,12H2,1-2H3,(H,20,23)(H,24,25). The van der Waals surface area contributed by atoms with E-state index >= 15 is 0 Å². The molecule has 1 unspecified atom stereocenters. The zero-order chi connectivity index (χ0) is 18.2. The van der Waals surface area contributed by atoms with Crippen molar-refractivity contribution in [3.05, 3.63) is 47.8 Å². The molecule has 25 heavy (non-hydrogen) atoms. The molecule has 134 valence electrons. The summed E-state index contributed by atoms with van der Waals surface area (Å²) in [5, 5.41) is 16.3. The van der Waals surface area contributed by atoms with Crippen LogP contribution in [0.4, 0.5) is 0 Å². The van der Waals surface area contributed by atoms with Gasteiger partial charge in [-0.1, -0.05) is 44.9 Å². The predicted octanol–water partition coefficient (Wildman–Crippen LogP) is 3.06. The number of hydrogen-bond donors (Lipinski definition) is 2. The van der Waals surface area contributed by atoms with Gasteiger partial charge in [-0.25, -0.2) is 4.68 Å². The van der Waals surface area contributed by atoms with Gasteiger partial charge in [0.15, 0.2) is 0 Å². The Balaban J connectivity index is 2.19. The van der Waals surface area contributed by atoms with Crippen LogP contribution in [-0.2, 0) is 11.2 Å². The predicted molar refractivity (Wildman–Crippen MR) is 95.9 cm³/mol. The van der Waals surface area contributed by atoms with Crippen LogP contribution in [0, 0.1) is 5.92 Å². The summed E-state index contributed by atoms with van der Waals surface area (Å²) in [5.41, 5.74) is 2.25. The van der Waals surface area contributed by atoms with E-state index in [0.29, 0.717) is 12.0 Å². The molecule has 0 aliphatic carbocycles. The highest BCUT2D eigenvalue weighted by atomic mass is 16.4. The number of carbonyl (C=O) groups is 2. The van der Waals surface area contributed by atoms with Crippen molar-refractivity contribution in [2.45, 2.75) is 39.5 Å². The Morgan fingerprint density at radius 2 is 1.92 bits per heavy atom. The average Bonchev–Trinajstić information content (AvgIpc) is 3.03. The molecule has 1 aromatic heterocycles. The van der Waals surface area contributed by atoms with Gasteiger partial charge in [-0.05, 0) is 25.0 Å². The van der Waals surface area contributed by atoms with Crippen LogP contribution in [0.15, 0.2) is 36.5 Å². The third-order valence-electron chi connectivity index (χ3n) is 4.10. The fraction of sp³-hybridized carbons (Fsp3) is 0.421. The highest BCUT2D eigenvalue weighted by molar-refractivity contribution is 5.95. The molecule has 6 heteroatoms. The molecule has 2 rings (SSSR count). The third kappa shape index (κ3) is 4.68. The van der Waals surface area contributed by atoms with Gasteiger partial charge in [-0.2, -0.15) is 5.10 Å². The van der Waals surface area contributed by atoms with E-state index in [2.05, 4.69) is 10.4 Å². The van der Waals surface area contributed by atoms with Crippen LogP contribution < -0.4 is 5.32 Å². The molecule has 0 aliphatic rings. The van der Waals surface area contributed by atoms with Crippen molar-refractivity contribution in [2.24, 2.45) is 5.92 Å². The Hall–Kier alpha value is -2.63. The Kier molecular flexibility index (Phi) is 6.74. The topological polar surface area (TPSA) is 84.2 Å². The molecular weight excluding hydrogens is 318 g/mol. The minimum absolute atomic E-state index is 0.129. The van der Waals surface area contributed by atoms with Gasteiger partial charge in [0.2, 0.25) is 0 Å². The first kappa shape index (κ1) is 18.7. The van der Waals surface area contributed by atoms with Crippen molar-refractivity contribution >= 4 is 11.9 Å². The molecule has 1 heterocycles. The molecule has 0 saturated heterocycles. The number of carbonyl (C=O) groups excluding carboxylic acids is 1. The van der Waals surface area contributed by atoms with Crippen LogP contribution in [0.2, 0.25) is 0 Å². The number of aromatic nitrogens is 2. The van der Waals surface area contributed by atoms with E-state index in [-0.39, 0.29) is 12.5 Å². The van der Waals surface area contributed by atoms with Crippen molar-refractivity contribution in [3.8, 4) is 5.69 Å². The largest absolute Gasteiger partial charge is 0.481 e. The minimum atomic E-state index is -0.879. The molecular formula is C19H25N3O3. The number of nitrogens with zero attached hydrogens (tertiary/aromatic N) is 2. The van der Waals surface area contributed by atoms with Crippen molar-refractivity contribution < 1.29 is 14.7 Å². The van der Waals surface area contributed by atoms with Gasteiger partial charge < -0.3 is 10.4 Å². The zero-order valence-electron chi connectivity index (χ0n) is 14.7. The second kappa shape index (κ2) is 9.01. The fourth-order valence-corrected chi connectivity index (χ4v) is 2.80. The normalized spacial score (nSPS) is 11.9. The van der Waals surface area contributed by atoms with Gasteiger partial charge in [0.1, 0.15) is 0 Å². The minimum Gasteiger partial charge on any atom is -0.481 e. The quantitative estimate of drug-likeness (QED) is 0.733. The number of amides is 1. The van der Waals surface area contributed by atoms with Crippen LogP contribution in [0.25, 0.3) is 5.69 Å². The second-order valence-corrected chi connectivity index (χ2v) is 6.04. The molecule has 6 nitrogen and oxygen atoms in total. The summed E-state index contributed by atoms with van der Waals surface area (Å²) >= 11 is 0. The summed E-state index contributed by atoms with van der Waals surface area (Å²) in [6.07, 6.45) is 4.46. The summed E-state index contributed by atoms with van der Waals surface area (Å²) in [4.78, 5) is 23.8. The molecule has 0 aliphatic heterocycles. The van der Waals surface area contributed by atoms with E-state index in [9.17, 15) is 14.7 Å². The number of para-hydroxylation sites is 1. The molecule has 2 aromatic rings. The van der Waals surface area contributed by atoms with Gasteiger partial charge in [0.05, 0.1) is 29.1 Å². The zero-order valence-corrected chi connectivity index (χ0v) is 14.7. The molecule has 0 fully saturated rings. The van der Waals surface area contributed by atoms with E-state index in [0.717, 1.165) is 30.6 Å². The van der Waals surface area contributed by atoms with E-state index in [1.807, 2.05) is 44.2 Å². The summed E-state index contributed by atoms with van der Waals surface area (Å²) in [7, 11) is 0. The summed E-state index contributed by atoms with van der Waals surface area (Å²) < 4.78 is 1.78. The van der Waals surface area contributed by atoms with Crippen LogP contribution in [0.3, 0.4) is 0 Å². The maximum Gasteiger partial charge on any atom is 0.308 e. The molecule has 2 N–H and O–H groups in total. The SMILES string of the molecule is CCCc1c(C(=O)NCC(CCC)C(=O)O)cnn1-c1ccccc1.